The molecule has 1 saturated heterocycles. The lowest BCUT2D eigenvalue weighted by Crippen LogP contribution is -2.40. The molecule has 1 aliphatic rings. The van der Waals surface area contributed by atoms with Crippen LogP contribution in [0.5, 0.6) is 0 Å². The standard InChI is InChI=1S/C16H20N4O3S/c1-3-4-11-8-19(9-13(11)18-10(2)21)14(22)12-7-17-16-20(15(12)23)5-6-24-16/h5-7,11,13H,3-4,8-9H2,1-2H3,(H,18,21)/t11-,13-/m1/s1. The molecule has 2 aromatic heterocycles. The van der Waals surface area contributed by atoms with Crippen molar-refractivity contribution >= 4 is 28.1 Å². The van der Waals surface area contributed by atoms with Crippen molar-refractivity contribution in [2.75, 3.05) is 13.1 Å². The maximum atomic E-state index is 12.8. The second kappa shape index (κ2) is 6.72. The minimum Gasteiger partial charge on any atom is -0.351 e. The molecule has 8 heteroatoms. The highest BCUT2D eigenvalue weighted by atomic mass is 32.1. The molecule has 0 aromatic carbocycles. The van der Waals surface area contributed by atoms with Gasteiger partial charge < -0.3 is 10.2 Å². The zero-order valence-electron chi connectivity index (χ0n) is 13.7. The second-order valence-electron chi connectivity index (χ2n) is 6.10. The number of fused-ring (bicyclic) bond motifs is 1. The van der Waals surface area contributed by atoms with E-state index in [1.807, 2.05) is 0 Å². The lowest BCUT2D eigenvalue weighted by Gasteiger charge is -2.17. The van der Waals surface area contributed by atoms with E-state index in [1.165, 1.54) is 28.9 Å². The van der Waals surface area contributed by atoms with Crippen molar-refractivity contribution in [1.82, 2.24) is 19.6 Å². The average molecular weight is 348 g/mol. The summed E-state index contributed by atoms with van der Waals surface area (Å²) in [6, 6.07) is -0.0630. The Morgan fingerprint density at radius 3 is 2.92 bits per heavy atom. The minimum atomic E-state index is -0.346. The lowest BCUT2D eigenvalue weighted by atomic mass is 9.98. The molecule has 0 spiro atoms. The molecule has 1 fully saturated rings. The molecule has 0 radical (unpaired) electrons. The van der Waals surface area contributed by atoms with Gasteiger partial charge in [-0.05, 0) is 12.3 Å². The normalized spacial score (nSPS) is 20.5. The third kappa shape index (κ3) is 3.06. The molecule has 128 valence electrons. The SMILES string of the molecule is CCC[C@@H]1CN(C(=O)c2cnc3sccn3c2=O)C[C@H]1NC(C)=O. The van der Waals surface area contributed by atoms with Gasteiger partial charge in [-0.3, -0.25) is 18.8 Å². The van der Waals surface area contributed by atoms with Crippen molar-refractivity contribution in [1.29, 1.82) is 0 Å². The highest BCUT2D eigenvalue weighted by Crippen LogP contribution is 2.23. The molecule has 1 N–H and O–H groups in total. The summed E-state index contributed by atoms with van der Waals surface area (Å²) in [5, 5.41) is 4.68. The molecule has 2 atom stereocenters. The Kier molecular flexibility index (Phi) is 4.66. The third-order valence-corrected chi connectivity index (χ3v) is 5.12. The van der Waals surface area contributed by atoms with Gasteiger partial charge in [-0.1, -0.05) is 13.3 Å². The number of likely N-dealkylation sites (tertiary alicyclic amines) is 1. The summed E-state index contributed by atoms with van der Waals surface area (Å²) < 4.78 is 1.39. The van der Waals surface area contributed by atoms with Gasteiger partial charge in [0.2, 0.25) is 5.91 Å². The fourth-order valence-electron chi connectivity index (χ4n) is 3.27. The van der Waals surface area contributed by atoms with E-state index in [-0.39, 0.29) is 34.9 Å². The Morgan fingerprint density at radius 1 is 1.42 bits per heavy atom. The molecule has 3 rings (SSSR count). The van der Waals surface area contributed by atoms with Gasteiger partial charge in [0.25, 0.3) is 11.5 Å². The number of nitrogens with zero attached hydrogens (tertiary/aromatic N) is 3. The molecule has 0 saturated carbocycles. The summed E-state index contributed by atoms with van der Waals surface area (Å²) in [6.07, 6.45) is 4.89. The molecular weight excluding hydrogens is 328 g/mol. The van der Waals surface area contributed by atoms with Crippen LogP contribution in [0.1, 0.15) is 37.0 Å². The minimum absolute atomic E-state index is 0.0630. The average Bonchev–Trinajstić information content (AvgIpc) is 3.15. The third-order valence-electron chi connectivity index (χ3n) is 4.35. The van der Waals surface area contributed by atoms with Crippen LogP contribution in [0.15, 0.2) is 22.6 Å². The van der Waals surface area contributed by atoms with Crippen LogP contribution in [-0.2, 0) is 4.79 Å². The molecule has 0 aliphatic carbocycles. The number of carbonyl (C=O) groups is 2. The summed E-state index contributed by atoms with van der Waals surface area (Å²) in [5.74, 6) is -0.206. The Morgan fingerprint density at radius 2 is 2.21 bits per heavy atom. The van der Waals surface area contributed by atoms with Crippen molar-refractivity contribution in [2.24, 2.45) is 5.92 Å². The second-order valence-corrected chi connectivity index (χ2v) is 6.97. The molecule has 2 aromatic rings. The molecule has 0 bridgehead atoms. The van der Waals surface area contributed by atoms with E-state index < -0.39 is 0 Å². The number of aromatic nitrogens is 2. The quantitative estimate of drug-likeness (QED) is 0.898. The first-order valence-electron chi connectivity index (χ1n) is 8.02. The Balaban J connectivity index is 1.85. The van der Waals surface area contributed by atoms with Crippen molar-refractivity contribution in [3.05, 3.63) is 33.7 Å². The maximum Gasteiger partial charge on any atom is 0.271 e. The largest absolute Gasteiger partial charge is 0.351 e. The summed E-state index contributed by atoms with van der Waals surface area (Å²) in [4.78, 5) is 43.0. The van der Waals surface area contributed by atoms with Gasteiger partial charge in [0.1, 0.15) is 5.56 Å². The summed E-state index contributed by atoms with van der Waals surface area (Å²) in [6.45, 7) is 4.53. The first kappa shape index (κ1) is 16.6. The summed E-state index contributed by atoms with van der Waals surface area (Å²) in [7, 11) is 0. The van der Waals surface area contributed by atoms with E-state index >= 15 is 0 Å². The monoisotopic (exact) mass is 348 g/mol. The summed E-state index contributed by atoms with van der Waals surface area (Å²) in [5.41, 5.74) is -0.272. The number of thiazole rings is 1. The zero-order valence-corrected chi connectivity index (χ0v) is 14.5. The van der Waals surface area contributed by atoms with Crippen LogP contribution in [0.25, 0.3) is 4.96 Å². The fourth-order valence-corrected chi connectivity index (χ4v) is 3.94. The van der Waals surface area contributed by atoms with Crippen molar-refractivity contribution in [2.45, 2.75) is 32.7 Å². The Bertz CT molecular complexity index is 828. The van der Waals surface area contributed by atoms with E-state index in [2.05, 4.69) is 17.2 Å². The van der Waals surface area contributed by atoms with Gasteiger partial charge in [-0.15, -0.1) is 11.3 Å². The summed E-state index contributed by atoms with van der Waals surface area (Å²) >= 11 is 1.35. The van der Waals surface area contributed by atoms with Crippen molar-refractivity contribution < 1.29 is 9.59 Å². The topological polar surface area (TPSA) is 83.8 Å². The molecular formula is C16H20N4O3S. The predicted octanol–water partition coefficient (Wildman–Crippen LogP) is 1.13. The van der Waals surface area contributed by atoms with Crippen LogP contribution >= 0.6 is 11.3 Å². The number of rotatable bonds is 4. The van der Waals surface area contributed by atoms with E-state index in [9.17, 15) is 14.4 Å². The first-order valence-corrected chi connectivity index (χ1v) is 8.90. The number of hydrogen-bond donors (Lipinski definition) is 1. The van der Waals surface area contributed by atoms with Gasteiger partial charge in [0, 0.05) is 37.8 Å². The van der Waals surface area contributed by atoms with Crippen molar-refractivity contribution in [3.63, 3.8) is 0 Å². The Hall–Kier alpha value is -2.22. The highest BCUT2D eigenvalue weighted by Gasteiger charge is 2.36. The van der Waals surface area contributed by atoms with E-state index in [4.69, 9.17) is 0 Å². The van der Waals surface area contributed by atoms with E-state index in [0.29, 0.717) is 18.1 Å². The van der Waals surface area contributed by atoms with Gasteiger partial charge in [-0.2, -0.15) is 0 Å². The smallest absolute Gasteiger partial charge is 0.271 e. The number of carbonyl (C=O) groups excluding carboxylic acids is 2. The van der Waals surface area contributed by atoms with Gasteiger partial charge in [-0.25, -0.2) is 4.98 Å². The molecule has 7 nitrogen and oxygen atoms in total. The molecule has 24 heavy (non-hydrogen) atoms. The van der Waals surface area contributed by atoms with Gasteiger partial charge in [0.05, 0.1) is 6.04 Å². The predicted molar refractivity (Wildman–Crippen MR) is 91.2 cm³/mol. The highest BCUT2D eigenvalue weighted by molar-refractivity contribution is 7.15. The van der Waals surface area contributed by atoms with E-state index in [0.717, 1.165) is 12.8 Å². The molecule has 0 unspecified atom stereocenters. The van der Waals surface area contributed by atoms with Crippen LogP contribution in [0.2, 0.25) is 0 Å². The molecule has 1 aliphatic heterocycles. The Labute approximate surface area is 143 Å². The first-order chi connectivity index (χ1) is 11.5. The van der Waals surface area contributed by atoms with Crippen LogP contribution in [-0.4, -0.2) is 45.2 Å². The van der Waals surface area contributed by atoms with Gasteiger partial charge >= 0.3 is 0 Å². The maximum absolute atomic E-state index is 12.8. The van der Waals surface area contributed by atoms with Gasteiger partial charge in [0.15, 0.2) is 4.96 Å². The van der Waals surface area contributed by atoms with Crippen molar-refractivity contribution in [3.8, 4) is 0 Å². The number of hydrogen-bond acceptors (Lipinski definition) is 5. The number of nitrogens with one attached hydrogen (secondary N) is 1. The van der Waals surface area contributed by atoms with Crippen LogP contribution in [0.3, 0.4) is 0 Å². The van der Waals surface area contributed by atoms with Crippen LogP contribution in [0.4, 0.5) is 0 Å². The van der Waals surface area contributed by atoms with Crippen LogP contribution < -0.4 is 10.9 Å². The molecule has 2 amide bonds. The molecule has 3 heterocycles. The van der Waals surface area contributed by atoms with Crippen LogP contribution in [0, 0.1) is 5.92 Å². The number of amides is 2. The van der Waals surface area contributed by atoms with E-state index in [1.54, 1.807) is 16.5 Å². The lowest BCUT2D eigenvalue weighted by molar-refractivity contribution is -0.119. The fraction of sp³-hybridized carbons (Fsp3) is 0.500. The zero-order chi connectivity index (χ0) is 17.3.